The maximum atomic E-state index is 11.1. The van der Waals surface area contributed by atoms with Crippen molar-refractivity contribution in [1.29, 1.82) is 0 Å². The summed E-state index contributed by atoms with van der Waals surface area (Å²) in [4.78, 5) is 22.2. The molecule has 0 amide bonds. The van der Waals surface area contributed by atoms with Gasteiger partial charge in [-0.3, -0.25) is 9.59 Å². The normalized spacial score (nSPS) is 32.1. The van der Waals surface area contributed by atoms with Crippen molar-refractivity contribution in [3.05, 3.63) is 12.2 Å². The molecule has 4 nitrogen and oxygen atoms in total. The smallest absolute Gasteiger partial charge is 0.313 e. The van der Waals surface area contributed by atoms with Crippen LogP contribution in [0.15, 0.2) is 12.2 Å². The highest BCUT2D eigenvalue weighted by molar-refractivity contribution is 5.96. The molecule has 1 heterocycles. The summed E-state index contributed by atoms with van der Waals surface area (Å²) in [5, 5.41) is 9.38. The first-order valence-electron chi connectivity index (χ1n) is 4.64. The van der Waals surface area contributed by atoms with Gasteiger partial charge in [0.25, 0.3) is 0 Å². The minimum absolute atomic E-state index is 0.176. The number of hydrogen-bond acceptors (Lipinski definition) is 4. The number of Topliss-reactive ketones (excluding diaryl/α,β-unsaturated/α-hetero) is 1. The van der Waals surface area contributed by atoms with E-state index in [4.69, 9.17) is 4.74 Å². The van der Waals surface area contributed by atoms with Crippen LogP contribution in [0.25, 0.3) is 0 Å². The summed E-state index contributed by atoms with van der Waals surface area (Å²) >= 11 is 0. The summed E-state index contributed by atoms with van der Waals surface area (Å²) in [6, 6.07) is 0. The Bertz CT molecular complexity index is 257. The highest BCUT2D eigenvalue weighted by Crippen LogP contribution is 2.08. The molecule has 1 N–H and O–H groups in total. The van der Waals surface area contributed by atoms with E-state index in [0.29, 0.717) is 6.42 Å². The standard InChI is InChI=1S/C10H14O4/c1-7-5-8(11)3-2-4-9(12)6-10(13)14-7/h2-3,7-8,11H,4-6H2,1H3/b3-2+/t7-,8-/m0/s1. The van der Waals surface area contributed by atoms with E-state index in [-0.39, 0.29) is 24.7 Å². The zero-order valence-electron chi connectivity index (χ0n) is 8.10. The third-order valence-electron chi connectivity index (χ3n) is 1.95. The topological polar surface area (TPSA) is 63.6 Å². The van der Waals surface area contributed by atoms with Crippen molar-refractivity contribution >= 4 is 11.8 Å². The molecule has 1 aliphatic heterocycles. The Morgan fingerprint density at radius 3 is 2.93 bits per heavy atom. The van der Waals surface area contributed by atoms with Crippen LogP contribution >= 0.6 is 0 Å². The lowest BCUT2D eigenvalue weighted by Gasteiger charge is -2.16. The Morgan fingerprint density at radius 1 is 1.50 bits per heavy atom. The van der Waals surface area contributed by atoms with Gasteiger partial charge in [0.1, 0.15) is 18.3 Å². The van der Waals surface area contributed by atoms with Gasteiger partial charge in [-0.25, -0.2) is 0 Å². The van der Waals surface area contributed by atoms with E-state index >= 15 is 0 Å². The van der Waals surface area contributed by atoms with Crippen LogP contribution in [0.2, 0.25) is 0 Å². The fraction of sp³-hybridized carbons (Fsp3) is 0.600. The lowest BCUT2D eigenvalue weighted by atomic mass is 10.1. The van der Waals surface area contributed by atoms with Gasteiger partial charge in [0.2, 0.25) is 0 Å². The van der Waals surface area contributed by atoms with Gasteiger partial charge >= 0.3 is 5.97 Å². The van der Waals surface area contributed by atoms with Crippen molar-refractivity contribution in [2.75, 3.05) is 0 Å². The van der Waals surface area contributed by atoms with E-state index in [1.165, 1.54) is 0 Å². The Morgan fingerprint density at radius 2 is 2.21 bits per heavy atom. The van der Waals surface area contributed by atoms with Crippen LogP contribution in [-0.4, -0.2) is 29.1 Å². The summed E-state index contributed by atoms with van der Waals surface area (Å²) in [6.07, 6.45) is 2.53. The van der Waals surface area contributed by atoms with Gasteiger partial charge in [0, 0.05) is 12.8 Å². The lowest BCUT2D eigenvalue weighted by molar-refractivity contribution is -0.151. The van der Waals surface area contributed by atoms with Crippen molar-refractivity contribution in [3.8, 4) is 0 Å². The average Bonchev–Trinajstić information content (AvgIpc) is 2.01. The summed E-state index contributed by atoms with van der Waals surface area (Å²) in [5.74, 6) is -0.697. The van der Waals surface area contributed by atoms with Crippen molar-refractivity contribution in [1.82, 2.24) is 0 Å². The molecular formula is C10H14O4. The van der Waals surface area contributed by atoms with Crippen LogP contribution in [0.5, 0.6) is 0 Å². The largest absolute Gasteiger partial charge is 0.462 e. The van der Waals surface area contributed by atoms with Gasteiger partial charge in [-0.1, -0.05) is 12.2 Å². The maximum absolute atomic E-state index is 11.1. The molecule has 0 aromatic heterocycles. The monoisotopic (exact) mass is 198 g/mol. The molecule has 0 aromatic carbocycles. The molecule has 0 bridgehead atoms. The molecule has 0 fully saturated rings. The number of cyclic esters (lactones) is 1. The second-order valence-electron chi connectivity index (χ2n) is 3.45. The molecule has 0 spiro atoms. The van der Waals surface area contributed by atoms with Crippen LogP contribution in [0.3, 0.4) is 0 Å². The van der Waals surface area contributed by atoms with Gasteiger partial charge < -0.3 is 9.84 Å². The number of carbonyl (C=O) groups is 2. The van der Waals surface area contributed by atoms with E-state index in [1.54, 1.807) is 19.1 Å². The molecule has 0 saturated carbocycles. The van der Waals surface area contributed by atoms with Crippen LogP contribution in [-0.2, 0) is 14.3 Å². The van der Waals surface area contributed by atoms with E-state index in [9.17, 15) is 14.7 Å². The van der Waals surface area contributed by atoms with Gasteiger partial charge in [0.05, 0.1) is 6.10 Å². The maximum Gasteiger partial charge on any atom is 0.313 e. The summed E-state index contributed by atoms with van der Waals surface area (Å²) < 4.78 is 4.91. The number of ketones is 1. The molecule has 14 heavy (non-hydrogen) atoms. The van der Waals surface area contributed by atoms with Crippen molar-refractivity contribution < 1.29 is 19.4 Å². The summed E-state index contributed by atoms with van der Waals surface area (Å²) in [5.41, 5.74) is 0. The van der Waals surface area contributed by atoms with Gasteiger partial charge in [-0.05, 0) is 6.92 Å². The molecule has 0 unspecified atom stereocenters. The van der Waals surface area contributed by atoms with E-state index in [1.807, 2.05) is 0 Å². The third kappa shape index (κ3) is 3.70. The molecular weight excluding hydrogens is 184 g/mol. The number of allylic oxidation sites excluding steroid dienone is 1. The predicted octanol–water partition coefficient (Wildman–Crippen LogP) is 0.588. The predicted molar refractivity (Wildman–Crippen MR) is 49.6 cm³/mol. The van der Waals surface area contributed by atoms with Crippen LogP contribution < -0.4 is 0 Å². The molecule has 0 radical (unpaired) electrons. The molecule has 1 rings (SSSR count). The second-order valence-corrected chi connectivity index (χ2v) is 3.45. The summed E-state index contributed by atoms with van der Waals surface area (Å²) in [6.45, 7) is 1.70. The van der Waals surface area contributed by atoms with E-state index in [2.05, 4.69) is 0 Å². The highest BCUT2D eigenvalue weighted by Gasteiger charge is 2.16. The van der Waals surface area contributed by atoms with Crippen LogP contribution in [0, 0.1) is 0 Å². The average molecular weight is 198 g/mol. The Hall–Kier alpha value is -1.16. The lowest BCUT2D eigenvalue weighted by Crippen LogP contribution is -2.22. The molecule has 0 aromatic rings. The quantitative estimate of drug-likeness (QED) is 0.351. The van der Waals surface area contributed by atoms with E-state index < -0.39 is 12.1 Å². The Kier molecular flexibility index (Phi) is 3.83. The fourth-order valence-corrected chi connectivity index (χ4v) is 1.32. The molecule has 78 valence electrons. The zero-order valence-corrected chi connectivity index (χ0v) is 8.10. The molecule has 0 saturated heterocycles. The highest BCUT2D eigenvalue weighted by atomic mass is 16.5. The van der Waals surface area contributed by atoms with Gasteiger partial charge in [0.15, 0.2) is 0 Å². The number of hydrogen-bond donors (Lipinski definition) is 1. The van der Waals surface area contributed by atoms with Crippen molar-refractivity contribution in [3.63, 3.8) is 0 Å². The number of aliphatic hydroxyl groups excluding tert-OH is 1. The zero-order chi connectivity index (χ0) is 10.6. The fourth-order valence-electron chi connectivity index (χ4n) is 1.32. The molecule has 1 aliphatic rings. The first-order chi connectivity index (χ1) is 6.58. The van der Waals surface area contributed by atoms with Gasteiger partial charge in [-0.2, -0.15) is 0 Å². The molecule has 2 atom stereocenters. The van der Waals surface area contributed by atoms with Crippen LogP contribution in [0.4, 0.5) is 0 Å². The van der Waals surface area contributed by atoms with Crippen molar-refractivity contribution in [2.45, 2.75) is 38.4 Å². The first-order valence-corrected chi connectivity index (χ1v) is 4.64. The molecule has 4 heteroatoms. The number of carbonyl (C=O) groups excluding carboxylic acids is 2. The second kappa shape index (κ2) is 4.91. The molecule has 0 aliphatic carbocycles. The minimum Gasteiger partial charge on any atom is -0.462 e. The summed E-state index contributed by atoms with van der Waals surface area (Å²) in [7, 11) is 0. The van der Waals surface area contributed by atoms with Crippen LogP contribution in [0.1, 0.15) is 26.2 Å². The SMILES string of the molecule is C[C@H]1C[C@@H](O)/C=C/CC(=O)CC(=O)O1. The number of ether oxygens (including phenoxy) is 1. The van der Waals surface area contributed by atoms with Crippen molar-refractivity contribution in [2.24, 2.45) is 0 Å². The number of rotatable bonds is 0. The van der Waals surface area contributed by atoms with Gasteiger partial charge in [-0.15, -0.1) is 0 Å². The number of esters is 1. The Labute approximate surface area is 82.6 Å². The third-order valence-corrected chi connectivity index (χ3v) is 1.95. The Balaban J connectivity index is 2.65. The number of aliphatic hydroxyl groups is 1. The minimum atomic E-state index is -0.649. The first kappa shape index (κ1) is 10.9. The van der Waals surface area contributed by atoms with E-state index in [0.717, 1.165) is 0 Å².